The van der Waals surface area contributed by atoms with E-state index >= 15 is 0 Å². The van der Waals surface area contributed by atoms with Crippen molar-refractivity contribution < 1.29 is 4.79 Å². The van der Waals surface area contributed by atoms with Gasteiger partial charge in [0, 0.05) is 48.0 Å². The number of guanidine groups is 1. The van der Waals surface area contributed by atoms with Crippen molar-refractivity contribution in [2.45, 2.75) is 63.5 Å². The molecule has 2 saturated carbocycles. The molecule has 0 bridgehead atoms. The molecule has 0 radical (unpaired) electrons. The first-order valence-corrected chi connectivity index (χ1v) is 11.5. The molecule has 0 spiro atoms. The number of carbonyl (C=O) groups excluding carboxylic acids is 1. The molecule has 1 saturated heterocycles. The van der Waals surface area contributed by atoms with Gasteiger partial charge in [0.25, 0.3) is 0 Å². The Kier molecular flexibility index (Phi) is 6.24. The summed E-state index contributed by atoms with van der Waals surface area (Å²) in [4.78, 5) is 19.4. The topological polar surface area (TPSA) is 56.7 Å². The summed E-state index contributed by atoms with van der Waals surface area (Å²) < 4.78 is 1.12. The van der Waals surface area contributed by atoms with Crippen molar-refractivity contribution in [1.29, 1.82) is 0 Å². The fraction of sp³-hybridized carbons (Fsp3) is 0.636. The first-order chi connectivity index (χ1) is 13.6. The monoisotopic (exact) mass is 446 g/mol. The highest BCUT2D eigenvalue weighted by Gasteiger charge is 2.39. The maximum Gasteiger partial charge on any atom is 0.225 e. The minimum absolute atomic E-state index is 0.277. The largest absolute Gasteiger partial charge is 0.353 e. The molecule has 28 heavy (non-hydrogen) atoms. The molecule has 1 aliphatic heterocycles. The molecule has 5 nitrogen and oxygen atoms in total. The van der Waals surface area contributed by atoms with Crippen molar-refractivity contribution >= 4 is 27.8 Å². The molecule has 3 atom stereocenters. The second kappa shape index (κ2) is 8.85. The van der Waals surface area contributed by atoms with Crippen LogP contribution in [0.25, 0.3) is 0 Å². The lowest BCUT2D eigenvalue weighted by molar-refractivity contribution is -0.134. The molecule has 2 N–H and O–H groups in total. The maximum absolute atomic E-state index is 12.7. The van der Waals surface area contributed by atoms with E-state index in [1.165, 1.54) is 18.4 Å². The average Bonchev–Trinajstić information content (AvgIpc) is 3.10. The third-order valence-electron chi connectivity index (χ3n) is 6.27. The fourth-order valence-corrected chi connectivity index (χ4v) is 4.87. The Bertz CT molecular complexity index is 714. The molecule has 2 aliphatic carbocycles. The summed E-state index contributed by atoms with van der Waals surface area (Å²) in [6.45, 7) is 4.49. The number of aliphatic imine (C=N–C) groups is 1. The van der Waals surface area contributed by atoms with Gasteiger partial charge < -0.3 is 15.5 Å². The zero-order valence-corrected chi connectivity index (χ0v) is 18.2. The number of nitrogens with one attached hydrogen (secondary N) is 2. The molecular weight excluding hydrogens is 416 g/mol. The molecular formula is C22H31BrN4O. The highest BCUT2D eigenvalue weighted by atomic mass is 79.9. The second-order valence-corrected chi connectivity index (χ2v) is 9.28. The van der Waals surface area contributed by atoms with Crippen LogP contribution in [0.3, 0.4) is 0 Å². The molecule has 1 aromatic carbocycles. The van der Waals surface area contributed by atoms with E-state index in [0.717, 1.165) is 55.7 Å². The Hall–Kier alpha value is -1.56. The first kappa shape index (κ1) is 19.7. The fourth-order valence-electron chi connectivity index (χ4n) is 4.60. The van der Waals surface area contributed by atoms with Gasteiger partial charge in [0.15, 0.2) is 5.96 Å². The molecule has 3 aliphatic rings. The molecule has 1 amide bonds. The SMILES string of the molecule is CCN=C(NC1CCN(C(=O)C2CCCC2)C1)NC1CC1c1ccc(Br)cc1. The molecule has 1 heterocycles. The number of nitrogens with zero attached hydrogens (tertiary/aromatic N) is 2. The molecule has 0 aromatic heterocycles. The third kappa shape index (κ3) is 4.70. The summed E-state index contributed by atoms with van der Waals surface area (Å²) in [6.07, 6.45) is 6.73. The van der Waals surface area contributed by atoms with E-state index in [-0.39, 0.29) is 5.92 Å². The van der Waals surface area contributed by atoms with Gasteiger partial charge in [-0.25, -0.2) is 0 Å². The van der Waals surface area contributed by atoms with E-state index in [1.807, 2.05) is 0 Å². The average molecular weight is 447 g/mol. The van der Waals surface area contributed by atoms with E-state index in [4.69, 9.17) is 0 Å². The number of amides is 1. The minimum Gasteiger partial charge on any atom is -0.353 e. The van der Waals surface area contributed by atoms with Crippen LogP contribution < -0.4 is 10.6 Å². The van der Waals surface area contributed by atoms with Gasteiger partial charge in [-0.1, -0.05) is 40.9 Å². The van der Waals surface area contributed by atoms with Crippen LogP contribution in [0.5, 0.6) is 0 Å². The number of hydrogen-bond donors (Lipinski definition) is 2. The summed E-state index contributed by atoms with van der Waals surface area (Å²) in [5.41, 5.74) is 1.38. The van der Waals surface area contributed by atoms with Crippen LogP contribution in [0.4, 0.5) is 0 Å². The number of rotatable bonds is 5. The number of hydrogen-bond acceptors (Lipinski definition) is 2. The predicted octanol–water partition coefficient (Wildman–Crippen LogP) is 3.65. The van der Waals surface area contributed by atoms with Crippen molar-refractivity contribution in [3.8, 4) is 0 Å². The van der Waals surface area contributed by atoms with Gasteiger partial charge in [-0.15, -0.1) is 0 Å². The second-order valence-electron chi connectivity index (χ2n) is 8.36. The molecule has 6 heteroatoms. The Morgan fingerprint density at radius 1 is 1.18 bits per heavy atom. The standard InChI is InChI=1S/C22H31BrN4O/c1-2-24-22(26-20-13-19(20)15-7-9-17(23)10-8-15)25-18-11-12-27(14-18)21(28)16-5-3-4-6-16/h7-10,16,18-20H,2-6,11-14H2,1H3,(H2,24,25,26). The van der Waals surface area contributed by atoms with Gasteiger partial charge in [0.05, 0.1) is 0 Å². The number of likely N-dealkylation sites (tertiary alicyclic amines) is 1. The lowest BCUT2D eigenvalue weighted by atomic mass is 10.1. The van der Waals surface area contributed by atoms with Crippen LogP contribution in [0.15, 0.2) is 33.7 Å². The van der Waals surface area contributed by atoms with Gasteiger partial charge in [0.1, 0.15) is 0 Å². The van der Waals surface area contributed by atoms with Crippen molar-refractivity contribution in [2.75, 3.05) is 19.6 Å². The lowest BCUT2D eigenvalue weighted by Gasteiger charge is -2.21. The zero-order valence-electron chi connectivity index (χ0n) is 16.7. The number of benzene rings is 1. The molecule has 3 unspecified atom stereocenters. The van der Waals surface area contributed by atoms with Crippen LogP contribution in [0.2, 0.25) is 0 Å². The molecule has 152 valence electrons. The lowest BCUT2D eigenvalue weighted by Crippen LogP contribution is -2.46. The Morgan fingerprint density at radius 3 is 2.64 bits per heavy atom. The van der Waals surface area contributed by atoms with Gasteiger partial charge in [-0.3, -0.25) is 9.79 Å². The molecule has 3 fully saturated rings. The molecule has 1 aromatic rings. The van der Waals surface area contributed by atoms with E-state index in [1.54, 1.807) is 0 Å². The smallest absolute Gasteiger partial charge is 0.225 e. The normalized spacial score (nSPS) is 27.9. The van der Waals surface area contributed by atoms with Crippen LogP contribution in [-0.4, -0.2) is 48.5 Å². The van der Waals surface area contributed by atoms with Gasteiger partial charge in [-0.05, 0) is 50.3 Å². The van der Waals surface area contributed by atoms with Crippen molar-refractivity contribution in [2.24, 2.45) is 10.9 Å². The highest BCUT2D eigenvalue weighted by molar-refractivity contribution is 9.10. The Labute approximate surface area is 176 Å². The number of halogens is 1. The summed E-state index contributed by atoms with van der Waals surface area (Å²) in [5, 5.41) is 7.19. The van der Waals surface area contributed by atoms with Crippen molar-refractivity contribution in [1.82, 2.24) is 15.5 Å². The van der Waals surface area contributed by atoms with Gasteiger partial charge >= 0.3 is 0 Å². The Balaban J connectivity index is 1.28. The van der Waals surface area contributed by atoms with E-state index in [2.05, 4.69) is 67.6 Å². The number of carbonyl (C=O) groups is 1. The van der Waals surface area contributed by atoms with Crippen LogP contribution in [0, 0.1) is 5.92 Å². The van der Waals surface area contributed by atoms with Crippen LogP contribution >= 0.6 is 15.9 Å². The maximum atomic E-state index is 12.7. The van der Waals surface area contributed by atoms with Gasteiger partial charge in [0.2, 0.25) is 5.91 Å². The van der Waals surface area contributed by atoms with Crippen LogP contribution in [-0.2, 0) is 4.79 Å². The summed E-state index contributed by atoms with van der Waals surface area (Å²) in [6, 6.07) is 9.36. The summed E-state index contributed by atoms with van der Waals surface area (Å²) >= 11 is 3.50. The zero-order chi connectivity index (χ0) is 19.5. The van der Waals surface area contributed by atoms with Crippen molar-refractivity contribution in [3.63, 3.8) is 0 Å². The summed E-state index contributed by atoms with van der Waals surface area (Å²) in [5.74, 6) is 2.10. The van der Waals surface area contributed by atoms with Crippen LogP contribution in [0.1, 0.15) is 56.9 Å². The summed E-state index contributed by atoms with van der Waals surface area (Å²) in [7, 11) is 0. The third-order valence-corrected chi connectivity index (χ3v) is 6.80. The predicted molar refractivity (Wildman–Crippen MR) is 116 cm³/mol. The minimum atomic E-state index is 0.277. The highest BCUT2D eigenvalue weighted by Crippen LogP contribution is 2.41. The Morgan fingerprint density at radius 2 is 1.93 bits per heavy atom. The van der Waals surface area contributed by atoms with E-state index in [0.29, 0.717) is 23.9 Å². The molecule has 4 rings (SSSR count). The van der Waals surface area contributed by atoms with Crippen molar-refractivity contribution in [3.05, 3.63) is 34.3 Å². The van der Waals surface area contributed by atoms with Gasteiger partial charge in [-0.2, -0.15) is 0 Å². The van der Waals surface area contributed by atoms with E-state index < -0.39 is 0 Å². The quantitative estimate of drug-likeness (QED) is 0.535. The van der Waals surface area contributed by atoms with E-state index in [9.17, 15) is 4.79 Å². The first-order valence-electron chi connectivity index (χ1n) is 10.8.